The average molecular weight is 380 g/mol. The first kappa shape index (κ1) is 16.9. The molecule has 1 saturated carbocycles. The highest BCUT2D eigenvalue weighted by Crippen LogP contribution is 2.29. The van der Waals surface area contributed by atoms with E-state index in [1.54, 1.807) is 12.4 Å². The molecule has 2 aliphatic rings. The first-order valence-corrected chi connectivity index (χ1v) is 9.53. The summed E-state index contributed by atoms with van der Waals surface area (Å²) in [6.45, 7) is 2.41. The van der Waals surface area contributed by atoms with Gasteiger partial charge in [-0.3, -0.25) is 14.7 Å². The minimum atomic E-state index is 0.209. The standard InChI is InChI=1S/C18H26BrN3O/c1-21(18(23)11-14-10-15(19)13-20-12-14)16-6-2-3-7-17(16)22-8-4-5-9-22/h10,12-13,16-17H,2-9,11H2,1H3. The number of nitrogens with zero attached hydrogens (tertiary/aromatic N) is 3. The van der Waals surface area contributed by atoms with E-state index in [1.165, 1.54) is 45.2 Å². The van der Waals surface area contributed by atoms with E-state index in [2.05, 4.69) is 25.8 Å². The van der Waals surface area contributed by atoms with Gasteiger partial charge in [0.25, 0.3) is 0 Å². The summed E-state index contributed by atoms with van der Waals surface area (Å²) in [5, 5.41) is 0. The molecule has 4 nitrogen and oxygen atoms in total. The number of amides is 1. The summed E-state index contributed by atoms with van der Waals surface area (Å²) >= 11 is 3.43. The second-order valence-electron chi connectivity index (χ2n) is 6.86. The first-order valence-electron chi connectivity index (χ1n) is 8.74. The summed E-state index contributed by atoms with van der Waals surface area (Å²) in [6.07, 6.45) is 11.5. The Morgan fingerprint density at radius 3 is 2.74 bits per heavy atom. The molecule has 2 unspecified atom stereocenters. The van der Waals surface area contributed by atoms with Crippen molar-refractivity contribution in [2.75, 3.05) is 20.1 Å². The van der Waals surface area contributed by atoms with E-state index in [0.29, 0.717) is 18.5 Å². The van der Waals surface area contributed by atoms with E-state index in [1.807, 2.05) is 18.0 Å². The molecule has 0 spiro atoms. The maximum absolute atomic E-state index is 12.7. The molecule has 2 atom stereocenters. The van der Waals surface area contributed by atoms with Gasteiger partial charge in [-0.15, -0.1) is 0 Å². The van der Waals surface area contributed by atoms with Crippen LogP contribution in [0.5, 0.6) is 0 Å². The van der Waals surface area contributed by atoms with Crippen molar-refractivity contribution >= 4 is 21.8 Å². The number of hydrogen-bond acceptors (Lipinski definition) is 3. The molecular formula is C18H26BrN3O. The zero-order chi connectivity index (χ0) is 16.2. The van der Waals surface area contributed by atoms with Crippen molar-refractivity contribution in [2.24, 2.45) is 0 Å². The largest absolute Gasteiger partial charge is 0.341 e. The fraction of sp³-hybridized carbons (Fsp3) is 0.667. The first-order chi connectivity index (χ1) is 11.1. The van der Waals surface area contributed by atoms with Crippen molar-refractivity contribution in [3.63, 3.8) is 0 Å². The van der Waals surface area contributed by atoms with E-state index < -0.39 is 0 Å². The van der Waals surface area contributed by atoms with Gasteiger partial charge in [-0.2, -0.15) is 0 Å². The number of likely N-dealkylation sites (N-methyl/N-ethyl adjacent to an activating group) is 1. The maximum Gasteiger partial charge on any atom is 0.227 e. The Hall–Kier alpha value is -0.940. The number of halogens is 1. The minimum Gasteiger partial charge on any atom is -0.341 e. The summed E-state index contributed by atoms with van der Waals surface area (Å²) in [7, 11) is 1.99. The zero-order valence-corrected chi connectivity index (χ0v) is 15.5. The highest BCUT2D eigenvalue weighted by atomic mass is 79.9. The van der Waals surface area contributed by atoms with Gasteiger partial charge in [0.2, 0.25) is 5.91 Å². The molecule has 3 rings (SSSR count). The minimum absolute atomic E-state index is 0.209. The molecule has 23 heavy (non-hydrogen) atoms. The predicted octanol–water partition coefficient (Wildman–Crippen LogP) is 3.25. The highest BCUT2D eigenvalue weighted by Gasteiger charge is 2.35. The Balaban J connectivity index is 1.66. The Morgan fingerprint density at radius 2 is 2.00 bits per heavy atom. The molecule has 1 aliphatic heterocycles. The lowest BCUT2D eigenvalue weighted by Gasteiger charge is -2.42. The van der Waals surface area contributed by atoms with Crippen LogP contribution in [0.3, 0.4) is 0 Å². The zero-order valence-electron chi connectivity index (χ0n) is 13.9. The summed E-state index contributed by atoms with van der Waals surface area (Å²) in [6, 6.07) is 2.91. The van der Waals surface area contributed by atoms with Crippen LogP contribution in [0.1, 0.15) is 44.1 Å². The molecule has 0 N–H and O–H groups in total. The van der Waals surface area contributed by atoms with E-state index in [-0.39, 0.29) is 5.91 Å². The van der Waals surface area contributed by atoms with Gasteiger partial charge in [0.1, 0.15) is 0 Å². The number of aromatic nitrogens is 1. The van der Waals surface area contributed by atoms with Crippen LogP contribution in [-0.2, 0) is 11.2 Å². The number of carbonyl (C=O) groups is 1. The predicted molar refractivity (Wildman–Crippen MR) is 95.3 cm³/mol. The smallest absolute Gasteiger partial charge is 0.227 e. The van der Waals surface area contributed by atoms with E-state index >= 15 is 0 Å². The third-order valence-corrected chi connectivity index (χ3v) is 5.74. The Morgan fingerprint density at radius 1 is 1.26 bits per heavy atom. The lowest BCUT2D eigenvalue weighted by Crippen LogP contribution is -2.53. The molecule has 1 saturated heterocycles. The molecular weight excluding hydrogens is 354 g/mol. The van der Waals surface area contributed by atoms with Crippen LogP contribution in [0.4, 0.5) is 0 Å². The molecule has 1 aromatic heterocycles. The van der Waals surface area contributed by atoms with Crippen LogP contribution < -0.4 is 0 Å². The fourth-order valence-corrected chi connectivity index (χ4v) is 4.49. The molecule has 1 aromatic rings. The maximum atomic E-state index is 12.7. The quantitative estimate of drug-likeness (QED) is 0.805. The van der Waals surface area contributed by atoms with Crippen molar-refractivity contribution in [1.29, 1.82) is 0 Å². The van der Waals surface area contributed by atoms with Crippen molar-refractivity contribution < 1.29 is 4.79 Å². The van der Waals surface area contributed by atoms with Gasteiger partial charge in [-0.1, -0.05) is 12.8 Å². The van der Waals surface area contributed by atoms with Gasteiger partial charge in [0.15, 0.2) is 0 Å². The van der Waals surface area contributed by atoms with Gasteiger partial charge >= 0.3 is 0 Å². The van der Waals surface area contributed by atoms with Crippen LogP contribution in [0.25, 0.3) is 0 Å². The monoisotopic (exact) mass is 379 g/mol. The summed E-state index contributed by atoms with van der Waals surface area (Å²) in [4.78, 5) is 21.5. The average Bonchev–Trinajstić information content (AvgIpc) is 3.08. The molecule has 126 valence electrons. The van der Waals surface area contributed by atoms with Crippen molar-refractivity contribution in [2.45, 2.75) is 57.0 Å². The lowest BCUT2D eigenvalue weighted by molar-refractivity contribution is -0.133. The number of rotatable bonds is 4. The molecule has 1 aliphatic carbocycles. The van der Waals surface area contributed by atoms with Gasteiger partial charge in [-0.25, -0.2) is 0 Å². The number of likely N-dealkylation sites (tertiary alicyclic amines) is 1. The van der Waals surface area contributed by atoms with Crippen LogP contribution in [0.15, 0.2) is 22.9 Å². The second-order valence-corrected chi connectivity index (χ2v) is 7.77. The van der Waals surface area contributed by atoms with Crippen LogP contribution in [-0.4, -0.2) is 52.9 Å². The topological polar surface area (TPSA) is 36.4 Å². The normalized spacial score (nSPS) is 25.5. The number of hydrogen-bond donors (Lipinski definition) is 0. The molecule has 5 heteroatoms. The third kappa shape index (κ3) is 4.13. The van der Waals surface area contributed by atoms with Crippen molar-refractivity contribution in [3.05, 3.63) is 28.5 Å². The van der Waals surface area contributed by atoms with E-state index in [9.17, 15) is 4.79 Å². The van der Waals surface area contributed by atoms with E-state index in [0.717, 1.165) is 16.5 Å². The molecule has 0 radical (unpaired) electrons. The van der Waals surface area contributed by atoms with Crippen molar-refractivity contribution in [3.8, 4) is 0 Å². The highest BCUT2D eigenvalue weighted by molar-refractivity contribution is 9.10. The van der Waals surface area contributed by atoms with E-state index in [4.69, 9.17) is 0 Å². The van der Waals surface area contributed by atoms with Crippen molar-refractivity contribution in [1.82, 2.24) is 14.8 Å². The number of pyridine rings is 1. The summed E-state index contributed by atoms with van der Waals surface area (Å²) in [5.41, 5.74) is 0.977. The third-order valence-electron chi connectivity index (χ3n) is 5.31. The second kappa shape index (κ2) is 7.75. The summed E-state index contributed by atoms with van der Waals surface area (Å²) in [5.74, 6) is 0.209. The van der Waals surface area contributed by atoms with Gasteiger partial charge < -0.3 is 4.90 Å². The van der Waals surface area contributed by atoms with Gasteiger partial charge in [-0.05, 0) is 66.3 Å². The van der Waals surface area contributed by atoms with Crippen LogP contribution in [0.2, 0.25) is 0 Å². The molecule has 0 bridgehead atoms. The fourth-order valence-electron chi connectivity index (χ4n) is 4.08. The van der Waals surface area contributed by atoms with Gasteiger partial charge in [0.05, 0.1) is 6.42 Å². The number of carbonyl (C=O) groups excluding carboxylic acids is 1. The molecule has 2 heterocycles. The Kier molecular flexibility index (Phi) is 5.70. The Labute approximate surface area is 147 Å². The Bertz CT molecular complexity index is 545. The van der Waals surface area contributed by atoms with Gasteiger partial charge in [0, 0.05) is 36.0 Å². The lowest BCUT2D eigenvalue weighted by atomic mass is 9.88. The molecule has 0 aromatic carbocycles. The van der Waals surface area contributed by atoms with Crippen LogP contribution in [0, 0.1) is 0 Å². The summed E-state index contributed by atoms with van der Waals surface area (Å²) < 4.78 is 0.929. The SMILES string of the molecule is CN(C(=O)Cc1cncc(Br)c1)C1CCCCC1N1CCCC1. The molecule has 2 fully saturated rings. The van der Waals surface area contributed by atoms with Crippen LogP contribution >= 0.6 is 15.9 Å². The molecule has 1 amide bonds.